The van der Waals surface area contributed by atoms with Gasteiger partial charge in [-0.15, -0.1) is 0 Å². The molecule has 0 spiro atoms. The van der Waals surface area contributed by atoms with Crippen LogP contribution in [0.3, 0.4) is 0 Å². The lowest BCUT2D eigenvalue weighted by atomic mass is 10.1. The molecule has 0 aliphatic rings. The zero-order valence-corrected chi connectivity index (χ0v) is 8.94. The average molecular weight is 247 g/mol. The van der Waals surface area contributed by atoms with Crippen molar-refractivity contribution < 1.29 is 4.39 Å². The molecule has 0 radical (unpaired) electrons. The molecule has 1 rings (SSSR count). The van der Waals surface area contributed by atoms with Gasteiger partial charge in [0.2, 0.25) is 0 Å². The standard InChI is InChI=1S/C9H12BrFN2/c1-13-9(5-12)6-2-3-8(11)7(10)4-6/h2-4,9,13H,5,12H2,1H3. The summed E-state index contributed by atoms with van der Waals surface area (Å²) in [5.74, 6) is -0.254. The van der Waals surface area contributed by atoms with E-state index in [1.807, 2.05) is 7.05 Å². The number of hydrogen-bond donors (Lipinski definition) is 2. The highest BCUT2D eigenvalue weighted by Gasteiger charge is 2.08. The number of hydrogen-bond acceptors (Lipinski definition) is 2. The lowest BCUT2D eigenvalue weighted by Crippen LogP contribution is -2.24. The number of rotatable bonds is 3. The summed E-state index contributed by atoms with van der Waals surface area (Å²) >= 11 is 3.13. The molecule has 0 aliphatic carbocycles. The van der Waals surface area contributed by atoms with Crippen molar-refractivity contribution in [2.75, 3.05) is 13.6 Å². The molecule has 0 aromatic heterocycles. The van der Waals surface area contributed by atoms with Crippen LogP contribution in [0.5, 0.6) is 0 Å². The molecule has 0 fully saturated rings. The summed E-state index contributed by atoms with van der Waals surface area (Å²) < 4.78 is 13.3. The Labute approximate surface area is 85.4 Å². The minimum Gasteiger partial charge on any atom is -0.329 e. The fraction of sp³-hybridized carbons (Fsp3) is 0.333. The Morgan fingerprint density at radius 2 is 2.31 bits per heavy atom. The number of benzene rings is 1. The molecular weight excluding hydrogens is 235 g/mol. The van der Waals surface area contributed by atoms with Crippen LogP contribution >= 0.6 is 15.9 Å². The summed E-state index contributed by atoms with van der Waals surface area (Å²) in [4.78, 5) is 0. The molecule has 0 heterocycles. The molecule has 0 amide bonds. The Morgan fingerprint density at radius 1 is 1.62 bits per heavy atom. The summed E-state index contributed by atoms with van der Waals surface area (Å²) in [5.41, 5.74) is 6.52. The van der Waals surface area contributed by atoms with E-state index >= 15 is 0 Å². The molecule has 1 aromatic rings. The minimum atomic E-state index is -0.254. The predicted octanol–water partition coefficient (Wildman–Crippen LogP) is 1.81. The van der Waals surface area contributed by atoms with Crippen molar-refractivity contribution in [3.8, 4) is 0 Å². The number of likely N-dealkylation sites (N-methyl/N-ethyl adjacent to an activating group) is 1. The zero-order valence-electron chi connectivity index (χ0n) is 7.35. The Hall–Kier alpha value is -0.450. The maximum Gasteiger partial charge on any atom is 0.137 e. The molecule has 0 bridgehead atoms. The van der Waals surface area contributed by atoms with Gasteiger partial charge in [0.15, 0.2) is 0 Å². The quantitative estimate of drug-likeness (QED) is 0.854. The molecule has 1 aromatic carbocycles. The molecule has 1 atom stereocenters. The van der Waals surface area contributed by atoms with Crippen LogP contribution in [0.1, 0.15) is 11.6 Å². The highest BCUT2D eigenvalue weighted by Crippen LogP contribution is 2.20. The van der Waals surface area contributed by atoms with Crippen molar-refractivity contribution in [2.45, 2.75) is 6.04 Å². The molecule has 3 N–H and O–H groups in total. The lowest BCUT2D eigenvalue weighted by molar-refractivity contribution is 0.594. The van der Waals surface area contributed by atoms with Crippen LogP contribution in [0.15, 0.2) is 22.7 Å². The fourth-order valence-corrected chi connectivity index (χ4v) is 1.55. The smallest absolute Gasteiger partial charge is 0.137 e. The molecule has 4 heteroatoms. The monoisotopic (exact) mass is 246 g/mol. The van der Waals surface area contributed by atoms with Crippen LogP contribution in [0.25, 0.3) is 0 Å². The highest BCUT2D eigenvalue weighted by atomic mass is 79.9. The third kappa shape index (κ3) is 2.49. The largest absolute Gasteiger partial charge is 0.329 e. The molecule has 1 unspecified atom stereocenters. The van der Waals surface area contributed by atoms with Gasteiger partial charge in [0.25, 0.3) is 0 Å². The van der Waals surface area contributed by atoms with Crippen LogP contribution < -0.4 is 11.1 Å². The van der Waals surface area contributed by atoms with Gasteiger partial charge in [0, 0.05) is 12.6 Å². The van der Waals surface area contributed by atoms with E-state index in [4.69, 9.17) is 5.73 Å². The first-order valence-corrected chi connectivity index (χ1v) is 4.80. The summed E-state index contributed by atoms with van der Waals surface area (Å²) in [6, 6.07) is 4.98. The Kier molecular flexibility index (Phi) is 3.84. The summed E-state index contributed by atoms with van der Waals surface area (Å²) in [6.07, 6.45) is 0. The Balaban J connectivity index is 2.95. The third-order valence-electron chi connectivity index (χ3n) is 1.93. The van der Waals surface area contributed by atoms with E-state index < -0.39 is 0 Å². The van der Waals surface area contributed by atoms with Gasteiger partial charge in [-0.1, -0.05) is 6.07 Å². The second-order valence-corrected chi connectivity index (χ2v) is 3.60. The van der Waals surface area contributed by atoms with Crippen LogP contribution in [-0.2, 0) is 0 Å². The van der Waals surface area contributed by atoms with Gasteiger partial charge in [-0.05, 0) is 40.7 Å². The Morgan fingerprint density at radius 3 is 2.77 bits per heavy atom. The molecule has 0 saturated carbocycles. The van der Waals surface area contributed by atoms with Crippen molar-refractivity contribution >= 4 is 15.9 Å². The first kappa shape index (κ1) is 10.6. The summed E-state index contributed by atoms with van der Waals surface area (Å²) in [6.45, 7) is 0.495. The number of nitrogens with two attached hydrogens (primary N) is 1. The van der Waals surface area contributed by atoms with E-state index in [2.05, 4.69) is 21.2 Å². The maximum absolute atomic E-state index is 12.9. The summed E-state index contributed by atoms with van der Waals surface area (Å²) in [7, 11) is 1.83. The molecular formula is C9H12BrFN2. The van der Waals surface area contributed by atoms with Crippen LogP contribution in [0.4, 0.5) is 4.39 Å². The topological polar surface area (TPSA) is 38.0 Å². The highest BCUT2D eigenvalue weighted by molar-refractivity contribution is 9.10. The van der Waals surface area contributed by atoms with E-state index in [1.165, 1.54) is 6.07 Å². The average Bonchev–Trinajstić information content (AvgIpc) is 2.13. The maximum atomic E-state index is 12.9. The number of halogens is 2. The van der Waals surface area contributed by atoms with E-state index in [9.17, 15) is 4.39 Å². The van der Waals surface area contributed by atoms with E-state index in [-0.39, 0.29) is 11.9 Å². The zero-order chi connectivity index (χ0) is 9.84. The molecule has 0 aliphatic heterocycles. The molecule has 72 valence electrons. The van der Waals surface area contributed by atoms with Crippen molar-refractivity contribution in [2.24, 2.45) is 5.73 Å². The second-order valence-electron chi connectivity index (χ2n) is 2.75. The van der Waals surface area contributed by atoms with Gasteiger partial charge in [-0.25, -0.2) is 4.39 Å². The lowest BCUT2D eigenvalue weighted by Gasteiger charge is -2.14. The second kappa shape index (κ2) is 4.69. The van der Waals surface area contributed by atoms with Crippen molar-refractivity contribution in [3.05, 3.63) is 34.1 Å². The first-order chi connectivity index (χ1) is 6.19. The SMILES string of the molecule is CNC(CN)c1ccc(F)c(Br)c1. The molecule has 0 saturated heterocycles. The normalized spacial score (nSPS) is 12.9. The van der Waals surface area contributed by atoms with Crippen molar-refractivity contribution in [1.29, 1.82) is 0 Å². The molecule has 2 nitrogen and oxygen atoms in total. The van der Waals surface area contributed by atoms with Crippen LogP contribution in [0, 0.1) is 5.82 Å². The number of nitrogens with one attached hydrogen (secondary N) is 1. The van der Waals surface area contributed by atoms with Gasteiger partial charge in [0.05, 0.1) is 4.47 Å². The van der Waals surface area contributed by atoms with Crippen LogP contribution in [0.2, 0.25) is 0 Å². The van der Waals surface area contributed by atoms with E-state index in [1.54, 1.807) is 12.1 Å². The predicted molar refractivity (Wildman–Crippen MR) is 55.0 cm³/mol. The van der Waals surface area contributed by atoms with Gasteiger partial charge in [0.1, 0.15) is 5.82 Å². The minimum absolute atomic E-state index is 0.0805. The van der Waals surface area contributed by atoms with Gasteiger partial charge < -0.3 is 11.1 Å². The first-order valence-electron chi connectivity index (χ1n) is 4.01. The molecule has 13 heavy (non-hydrogen) atoms. The van der Waals surface area contributed by atoms with E-state index in [0.29, 0.717) is 11.0 Å². The van der Waals surface area contributed by atoms with Gasteiger partial charge >= 0.3 is 0 Å². The van der Waals surface area contributed by atoms with Gasteiger partial charge in [-0.3, -0.25) is 0 Å². The summed E-state index contributed by atoms with van der Waals surface area (Å²) in [5, 5.41) is 3.05. The Bertz CT molecular complexity index is 287. The van der Waals surface area contributed by atoms with Crippen LogP contribution in [-0.4, -0.2) is 13.6 Å². The van der Waals surface area contributed by atoms with Crippen molar-refractivity contribution in [1.82, 2.24) is 5.32 Å². The van der Waals surface area contributed by atoms with Crippen molar-refractivity contribution in [3.63, 3.8) is 0 Å². The van der Waals surface area contributed by atoms with Gasteiger partial charge in [-0.2, -0.15) is 0 Å². The fourth-order valence-electron chi connectivity index (χ4n) is 1.15. The third-order valence-corrected chi connectivity index (χ3v) is 2.54. The van der Waals surface area contributed by atoms with E-state index in [0.717, 1.165) is 5.56 Å².